The molecule has 2 aromatic heterocycles. The molecule has 0 spiro atoms. The van der Waals surface area contributed by atoms with Crippen LogP contribution in [0.3, 0.4) is 0 Å². The van der Waals surface area contributed by atoms with Gasteiger partial charge in [0.1, 0.15) is 5.82 Å². The average molecular weight is 447 g/mol. The van der Waals surface area contributed by atoms with Crippen LogP contribution >= 0.6 is 11.3 Å². The molecule has 0 N–H and O–H groups in total. The molecule has 1 aromatic carbocycles. The molecular weight excluding hydrogens is 421 g/mol. The Morgan fingerprint density at radius 3 is 2.52 bits per heavy atom. The second-order valence-corrected chi connectivity index (χ2v) is 9.46. The number of thiophene rings is 1. The summed E-state index contributed by atoms with van der Waals surface area (Å²) in [5, 5.41) is 11.3. The van der Waals surface area contributed by atoms with Gasteiger partial charge in [-0.05, 0) is 74.3 Å². The molecule has 0 amide bonds. The molecule has 0 saturated carbocycles. The molecule has 164 valence electrons. The van der Waals surface area contributed by atoms with Crippen molar-refractivity contribution >= 4 is 11.3 Å². The van der Waals surface area contributed by atoms with E-state index >= 15 is 0 Å². The van der Waals surface area contributed by atoms with Gasteiger partial charge in [-0.15, -0.1) is 21.5 Å². The van der Waals surface area contributed by atoms with E-state index in [1.165, 1.54) is 22.6 Å². The molecule has 0 radical (unpaired) electrons. The summed E-state index contributed by atoms with van der Waals surface area (Å²) in [6, 6.07) is 7.72. The summed E-state index contributed by atoms with van der Waals surface area (Å²) in [5.74, 6) is 2.56. The SMILES string of the molecule is FC(F)(F)c1ccc(CCN2CCC(c3nnc4n3CCCc3sccc3-4)CC2)cc1. The number of alkyl halides is 3. The van der Waals surface area contributed by atoms with Crippen molar-refractivity contribution in [1.82, 2.24) is 19.7 Å². The van der Waals surface area contributed by atoms with Gasteiger partial charge < -0.3 is 9.47 Å². The van der Waals surface area contributed by atoms with Gasteiger partial charge in [-0.3, -0.25) is 0 Å². The van der Waals surface area contributed by atoms with Crippen molar-refractivity contribution in [3.05, 3.63) is 57.5 Å². The number of aryl methyl sites for hydroxylation is 1. The number of hydrogen-bond acceptors (Lipinski definition) is 4. The summed E-state index contributed by atoms with van der Waals surface area (Å²) in [6.07, 6.45) is 0.814. The zero-order valence-corrected chi connectivity index (χ0v) is 18.1. The lowest BCUT2D eigenvalue weighted by Gasteiger charge is -2.31. The molecule has 8 heteroatoms. The summed E-state index contributed by atoms with van der Waals surface area (Å²) < 4.78 is 40.5. The zero-order valence-electron chi connectivity index (χ0n) is 17.2. The van der Waals surface area contributed by atoms with Crippen LogP contribution in [-0.4, -0.2) is 39.3 Å². The normalized spacial score (nSPS) is 17.9. The fraction of sp³-hybridized carbons (Fsp3) is 0.478. The number of benzene rings is 1. The van der Waals surface area contributed by atoms with Crippen molar-refractivity contribution in [2.24, 2.45) is 0 Å². The number of aromatic nitrogens is 3. The summed E-state index contributed by atoms with van der Waals surface area (Å²) in [4.78, 5) is 3.82. The van der Waals surface area contributed by atoms with Crippen molar-refractivity contribution in [2.45, 2.75) is 50.7 Å². The van der Waals surface area contributed by atoms with Gasteiger partial charge in [0.05, 0.1) is 5.56 Å². The highest BCUT2D eigenvalue weighted by molar-refractivity contribution is 7.10. The molecule has 4 nitrogen and oxygen atoms in total. The van der Waals surface area contributed by atoms with E-state index in [9.17, 15) is 13.2 Å². The number of rotatable bonds is 4. The van der Waals surface area contributed by atoms with Crippen LogP contribution in [0, 0.1) is 0 Å². The Balaban J connectivity index is 1.18. The summed E-state index contributed by atoms with van der Waals surface area (Å²) in [6.45, 7) is 3.82. The molecule has 2 aliphatic rings. The number of hydrogen-bond donors (Lipinski definition) is 0. The van der Waals surface area contributed by atoms with E-state index in [-0.39, 0.29) is 0 Å². The van der Waals surface area contributed by atoms with Crippen LogP contribution in [0.25, 0.3) is 11.4 Å². The van der Waals surface area contributed by atoms with E-state index in [0.29, 0.717) is 5.92 Å². The van der Waals surface area contributed by atoms with Crippen LogP contribution in [0.15, 0.2) is 35.7 Å². The minimum Gasteiger partial charge on any atom is -0.311 e. The Kier molecular flexibility index (Phi) is 5.60. The molecule has 0 atom stereocenters. The third kappa shape index (κ3) is 4.28. The van der Waals surface area contributed by atoms with Gasteiger partial charge in [-0.25, -0.2) is 0 Å². The largest absolute Gasteiger partial charge is 0.416 e. The summed E-state index contributed by atoms with van der Waals surface area (Å²) in [5.41, 5.74) is 1.61. The van der Waals surface area contributed by atoms with Gasteiger partial charge in [0.2, 0.25) is 0 Å². The molecule has 4 heterocycles. The van der Waals surface area contributed by atoms with E-state index in [0.717, 1.165) is 75.5 Å². The Labute approximate surface area is 183 Å². The standard InChI is InChI=1S/C23H25F3N4S/c24-23(25,26)18-5-3-16(4-6-18)7-12-29-13-8-17(9-14-29)21-27-28-22-19-10-15-31-20(19)2-1-11-30(21)22/h3-6,10,15,17H,1-2,7-9,11-14H2. The Hall–Kier alpha value is -2.19. The van der Waals surface area contributed by atoms with E-state index in [4.69, 9.17) is 0 Å². The highest BCUT2D eigenvalue weighted by atomic mass is 32.1. The maximum Gasteiger partial charge on any atom is 0.416 e. The molecule has 5 rings (SSSR count). The summed E-state index contributed by atoms with van der Waals surface area (Å²) in [7, 11) is 0. The minimum absolute atomic E-state index is 0.420. The quantitative estimate of drug-likeness (QED) is 0.539. The van der Waals surface area contributed by atoms with E-state index < -0.39 is 11.7 Å². The summed E-state index contributed by atoms with van der Waals surface area (Å²) >= 11 is 1.81. The first-order chi connectivity index (χ1) is 15.0. The predicted molar refractivity (Wildman–Crippen MR) is 115 cm³/mol. The lowest BCUT2D eigenvalue weighted by Crippen LogP contribution is -2.35. The minimum atomic E-state index is -4.27. The van der Waals surface area contributed by atoms with Crippen molar-refractivity contribution < 1.29 is 13.2 Å². The average Bonchev–Trinajstić information content (AvgIpc) is 3.36. The van der Waals surface area contributed by atoms with Gasteiger partial charge in [-0.1, -0.05) is 12.1 Å². The molecule has 0 aliphatic carbocycles. The molecular formula is C23H25F3N4S. The van der Waals surface area contributed by atoms with Gasteiger partial charge in [0.25, 0.3) is 0 Å². The molecule has 3 aromatic rings. The molecule has 1 saturated heterocycles. The molecule has 0 unspecified atom stereocenters. The van der Waals surface area contributed by atoms with E-state index in [1.807, 2.05) is 11.3 Å². The first-order valence-electron chi connectivity index (χ1n) is 10.9. The smallest absolute Gasteiger partial charge is 0.311 e. The van der Waals surface area contributed by atoms with Crippen LogP contribution in [0.2, 0.25) is 0 Å². The topological polar surface area (TPSA) is 34.0 Å². The lowest BCUT2D eigenvalue weighted by molar-refractivity contribution is -0.137. The highest BCUT2D eigenvalue weighted by Crippen LogP contribution is 2.35. The van der Waals surface area contributed by atoms with Gasteiger partial charge in [0, 0.05) is 29.4 Å². The number of nitrogens with zero attached hydrogens (tertiary/aromatic N) is 4. The third-order valence-electron chi connectivity index (χ3n) is 6.50. The third-order valence-corrected chi connectivity index (χ3v) is 7.48. The van der Waals surface area contributed by atoms with Crippen molar-refractivity contribution in [3.8, 4) is 11.4 Å². The van der Waals surface area contributed by atoms with Crippen molar-refractivity contribution in [1.29, 1.82) is 0 Å². The number of fused-ring (bicyclic) bond motifs is 3. The fourth-order valence-electron chi connectivity index (χ4n) is 4.73. The first kappa shape index (κ1) is 20.7. The maximum atomic E-state index is 12.7. The van der Waals surface area contributed by atoms with Gasteiger partial charge in [0.15, 0.2) is 5.82 Å². The van der Waals surface area contributed by atoms with Crippen LogP contribution in [0.1, 0.15) is 47.0 Å². The molecule has 1 fully saturated rings. The van der Waals surface area contributed by atoms with Gasteiger partial charge in [-0.2, -0.15) is 13.2 Å². The predicted octanol–water partition coefficient (Wildman–Crippen LogP) is 5.39. The second kappa shape index (κ2) is 8.39. The Morgan fingerprint density at radius 1 is 1.00 bits per heavy atom. The fourth-order valence-corrected chi connectivity index (χ4v) is 5.65. The van der Waals surface area contributed by atoms with Crippen molar-refractivity contribution in [3.63, 3.8) is 0 Å². The molecule has 0 bridgehead atoms. The number of halogens is 3. The van der Waals surface area contributed by atoms with Crippen LogP contribution in [-0.2, 0) is 25.6 Å². The monoisotopic (exact) mass is 446 g/mol. The van der Waals surface area contributed by atoms with Crippen molar-refractivity contribution in [2.75, 3.05) is 19.6 Å². The lowest BCUT2D eigenvalue weighted by atomic mass is 9.95. The van der Waals surface area contributed by atoms with Crippen LogP contribution < -0.4 is 0 Å². The zero-order chi connectivity index (χ0) is 21.4. The maximum absolute atomic E-state index is 12.7. The number of likely N-dealkylation sites (tertiary alicyclic amines) is 1. The Morgan fingerprint density at radius 2 is 1.77 bits per heavy atom. The van der Waals surface area contributed by atoms with Gasteiger partial charge >= 0.3 is 6.18 Å². The van der Waals surface area contributed by atoms with E-state index in [2.05, 4.69) is 31.1 Å². The highest BCUT2D eigenvalue weighted by Gasteiger charge is 2.30. The molecule has 31 heavy (non-hydrogen) atoms. The second-order valence-electron chi connectivity index (χ2n) is 8.46. The Bertz CT molecular complexity index is 1030. The van der Waals surface area contributed by atoms with E-state index in [1.54, 1.807) is 12.1 Å². The van der Waals surface area contributed by atoms with Crippen LogP contribution in [0.4, 0.5) is 13.2 Å². The first-order valence-corrected chi connectivity index (χ1v) is 11.8. The number of piperidine rings is 1. The van der Waals surface area contributed by atoms with Crippen LogP contribution in [0.5, 0.6) is 0 Å². The molecule has 2 aliphatic heterocycles.